The van der Waals surface area contributed by atoms with E-state index in [0.29, 0.717) is 13.1 Å². The molecule has 0 heterocycles. The molecule has 0 aromatic rings. The van der Waals surface area contributed by atoms with Crippen molar-refractivity contribution in [3.05, 3.63) is 12.7 Å². The predicted octanol–water partition coefficient (Wildman–Crippen LogP) is -1.23. The average Bonchev–Trinajstić information content (AvgIpc) is 1.97. The van der Waals surface area contributed by atoms with Gasteiger partial charge in [0.2, 0.25) is 5.91 Å². The topological polar surface area (TPSA) is 91.0 Å². The van der Waals surface area contributed by atoms with E-state index in [0.717, 1.165) is 0 Å². The molecular weight excluding hydrogens is 144 g/mol. The minimum Gasteiger partial charge on any atom is -0.370 e. The molecule has 0 spiro atoms. The average molecular weight is 156 g/mol. The predicted molar refractivity (Wildman–Crippen MR) is 43.1 cm³/mol. The van der Waals surface area contributed by atoms with Crippen molar-refractivity contribution < 1.29 is 4.79 Å². The van der Waals surface area contributed by atoms with Crippen LogP contribution < -0.4 is 16.4 Å². The summed E-state index contributed by atoms with van der Waals surface area (Å²) in [6.45, 7) is 4.16. The maximum absolute atomic E-state index is 10.5. The third kappa shape index (κ3) is 6.36. The van der Waals surface area contributed by atoms with Crippen molar-refractivity contribution >= 4 is 11.9 Å². The highest BCUT2D eigenvalue weighted by molar-refractivity contribution is 5.86. The Morgan fingerprint density at radius 1 is 1.55 bits per heavy atom. The zero-order valence-electron chi connectivity index (χ0n) is 6.18. The molecule has 1 amide bonds. The van der Waals surface area contributed by atoms with Gasteiger partial charge in [-0.2, -0.15) is 0 Å². The van der Waals surface area contributed by atoms with Crippen LogP contribution in [0.1, 0.15) is 0 Å². The monoisotopic (exact) mass is 156 g/mol. The summed E-state index contributed by atoms with van der Waals surface area (Å²) in [7, 11) is 0. The number of rotatable bonds is 4. The lowest BCUT2D eigenvalue weighted by molar-refractivity contribution is -0.116. The van der Waals surface area contributed by atoms with E-state index in [1.807, 2.05) is 0 Å². The molecule has 11 heavy (non-hydrogen) atoms. The third-order valence-electron chi connectivity index (χ3n) is 0.925. The van der Waals surface area contributed by atoms with Crippen LogP contribution in [0.5, 0.6) is 0 Å². The largest absolute Gasteiger partial charge is 0.370 e. The maximum Gasteiger partial charge on any atom is 0.243 e. The number of nitrogens with two attached hydrogens (primary N) is 1. The molecule has 0 saturated carbocycles. The fraction of sp³-hybridized carbons (Fsp3) is 0.333. The SMILES string of the molecule is C=CC(=O)NCCNC(=N)N. The first-order valence-electron chi connectivity index (χ1n) is 3.15. The second kappa shape index (κ2) is 5.28. The van der Waals surface area contributed by atoms with Crippen molar-refractivity contribution in [1.29, 1.82) is 5.41 Å². The summed E-state index contributed by atoms with van der Waals surface area (Å²) in [5.74, 6) is -0.326. The molecule has 0 radical (unpaired) electrons. The van der Waals surface area contributed by atoms with E-state index in [9.17, 15) is 4.79 Å². The second-order valence-corrected chi connectivity index (χ2v) is 1.84. The standard InChI is InChI=1S/C6H12N4O/c1-2-5(11)9-3-4-10-6(7)8/h2H,1,3-4H2,(H,9,11)(H4,7,8,10). The fourth-order valence-electron chi connectivity index (χ4n) is 0.455. The highest BCUT2D eigenvalue weighted by atomic mass is 16.1. The van der Waals surface area contributed by atoms with Crippen LogP contribution >= 0.6 is 0 Å². The number of hydrogen-bond acceptors (Lipinski definition) is 2. The van der Waals surface area contributed by atoms with Crippen LogP contribution in [-0.4, -0.2) is 25.0 Å². The molecule has 5 nitrogen and oxygen atoms in total. The number of carbonyl (C=O) groups is 1. The first-order chi connectivity index (χ1) is 5.16. The Labute approximate surface area is 65.2 Å². The summed E-state index contributed by atoms with van der Waals surface area (Å²) in [6, 6.07) is 0. The van der Waals surface area contributed by atoms with Gasteiger partial charge < -0.3 is 16.4 Å². The molecule has 0 aromatic heterocycles. The maximum atomic E-state index is 10.5. The fourth-order valence-corrected chi connectivity index (χ4v) is 0.455. The van der Waals surface area contributed by atoms with Crippen LogP contribution in [0, 0.1) is 5.41 Å². The van der Waals surface area contributed by atoms with E-state index in [2.05, 4.69) is 17.2 Å². The first-order valence-corrected chi connectivity index (χ1v) is 3.15. The summed E-state index contributed by atoms with van der Waals surface area (Å²) in [4.78, 5) is 10.5. The van der Waals surface area contributed by atoms with Gasteiger partial charge in [-0.05, 0) is 6.08 Å². The van der Waals surface area contributed by atoms with Gasteiger partial charge in [-0.1, -0.05) is 6.58 Å². The molecule has 0 unspecified atom stereocenters. The van der Waals surface area contributed by atoms with E-state index in [4.69, 9.17) is 11.1 Å². The van der Waals surface area contributed by atoms with Gasteiger partial charge in [0.1, 0.15) is 0 Å². The summed E-state index contributed by atoms with van der Waals surface area (Å²) in [5, 5.41) is 11.8. The third-order valence-corrected chi connectivity index (χ3v) is 0.925. The normalized spacial score (nSPS) is 8.36. The molecule has 5 heteroatoms. The molecule has 0 aliphatic carbocycles. The van der Waals surface area contributed by atoms with Crippen LogP contribution in [0.3, 0.4) is 0 Å². The van der Waals surface area contributed by atoms with E-state index in [1.54, 1.807) is 0 Å². The van der Waals surface area contributed by atoms with Crippen molar-refractivity contribution in [2.45, 2.75) is 0 Å². The quantitative estimate of drug-likeness (QED) is 0.178. The van der Waals surface area contributed by atoms with Gasteiger partial charge >= 0.3 is 0 Å². The highest BCUT2D eigenvalue weighted by Crippen LogP contribution is 1.64. The van der Waals surface area contributed by atoms with Gasteiger partial charge in [-0.25, -0.2) is 0 Å². The van der Waals surface area contributed by atoms with Gasteiger partial charge in [-0.3, -0.25) is 10.2 Å². The Morgan fingerprint density at radius 3 is 2.55 bits per heavy atom. The molecule has 0 aliphatic heterocycles. The number of nitrogens with one attached hydrogen (secondary N) is 3. The van der Waals surface area contributed by atoms with Gasteiger partial charge in [-0.15, -0.1) is 0 Å². The summed E-state index contributed by atoms with van der Waals surface area (Å²) in [6.07, 6.45) is 1.19. The van der Waals surface area contributed by atoms with Gasteiger partial charge in [0.25, 0.3) is 0 Å². The lowest BCUT2D eigenvalue weighted by Gasteiger charge is -2.03. The minimum absolute atomic E-state index is 0.0992. The van der Waals surface area contributed by atoms with Gasteiger partial charge in [0, 0.05) is 13.1 Å². The highest BCUT2D eigenvalue weighted by Gasteiger charge is 1.91. The summed E-state index contributed by atoms with van der Waals surface area (Å²) < 4.78 is 0. The lowest BCUT2D eigenvalue weighted by Crippen LogP contribution is -2.37. The van der Waals surface area contributed by atoms with Crippen LogP contribution in [0.2, 0.25) is 0 Å². The van der Waals surface area contributed by atoms with Crippen molar-refractivity contribution in [2.24, 2.45) is 5.73 Å². The number of hydrogen-bond donors (Lipinski definition) is 4. The first kappa shape index (κ1) is 9.48. The van der Waals surface area contributed by atoms with E-state index >= 15 is 0 Å². The number of guanidine groups is 1. The molecule has 0 fully saturated rings. The second-order valence-electron chi connectivity index (χ2n) is 1.84. The molecule has 0 aliphatic rings. The number of amides is 1. The van der Waals surface area contributed by atoms with E-state index in [-0.39, 0.29) is 11.9 Å². The van der Waals surface area contributed by atoms with Crippen molar-refractivity contribution in [2.75, 3.05) is 13.1 Å². The molecule has 0 atom stereocenters. The Balaban J connectivity index is 3.21. The van der Waals surface area contributed by atoms with Crippen LogP contribution in [-0.2, 0) is 4.79 Å². The Kier molecular flexibility index (Phi) is 4.55. The van der Waals surface area contributed by atoms with Crippen LogP contribution in [0.15, 0.2) is 12.7 Å². The molecule has 0 rings (SSSR count). The molecule has 62 valence electrons. The number of carbonyl (C=O) groups excluding carboxylic acids is 1. The van der Waals surface area contributed by atoms with Gasteiger partial charge in [0.05, 0.1) is 0 Å². The van der Waals surface area contributed by atoms with Crippen molar-refractivity contribution in [1.82, 2.24) is 10.6 Å². The summed E-state index contributed by atoms with van der Waals surface area (Å²) in [5.41, 5.74) is 4.98. The Morgan fingerprint density at radius 2 is 2.09 bits per heavy atom. The summed E-state index contributed by atoms with van der Waals surface area (Å²) >= 11 is 0. The molecule has 0 saturated heterocycles. The Bertz CT molecular complexity index is 166. The molecular formula is C6H12N4O. The zero-order chi connectivity index (χ0) is 8.69. The zero-order valence-corrected chi connectivity index (χ0v) is 6.18. The lowest BCUT2D eigenvalue weighted by atomic mass is 10.5. The van der Waals surface area contributed by atoms with Crippen molar-refractivity contribution in [3.63, 3.8) is 0 Å². The molecule has 5 N–H and O–H groups in total. The van der Waals surface area contributed by atoms with Crippen LogP contribution in [0.4, 0.5) is 0 Å². The molecule has 0 bridgehead atoms. The van der Waals surface area contributed by atoms with Crippen molar-refractivity contribution in [3.8, 4) is 0 Å². The minimum atomic E-state index is -0.227. The van der Waals surface area contributed by atoms with Crippen LogP contribution in [0.25, 0.3) is 0 Å². The Hall–Kier alpha value is -1.52. The van der Waals surface area contributed by atoms with E-state index < -0.39 is 0 Å². The van der Waals surface area contributed by atoms with E-state index in [1.165, 1.54) is 6.08 Å². The van der Waals surface area contributed by atoms with Gasteiger partial charge in [0.15, 0.2) is 5.96 Å². The smallest absolute Gasteiger partial charge is 0.243 e. The molecule has 0 aromatic carbocycles.